The van der Waals surface area contributed by atoms with Crippen LogP contribution in [0.5, 0.6) is 0 Å². The number of aliphatic hydroxyl groups excluding tert-OH is 1. The molecule has 154 valence electrons. The van der Waals surface area contributed by atoms with Gasteiger partial charge in [0.05, 0.1) is 12.0 Å². The van der Waals surface area contributed by atoms with E-state index < -0.39 is 6.10 Å². The molecular formula is C20H25N5O3S. The van der Waals surface area contributed by atoms with Gasteiger partial charge in [-0.15, -0.1) is 11.3 Å². The van der Waals surface area contributed by atoms with Crippen molar-refractivity contribution in [3.8, 4) is 0 Å². The SMILES string of the molecule is CCOC(=O)c1sc2ncnc(N3CCC(C(O)c4nccn4C)CC3)c2c1C. The number of hydrogen-bond acceptors (Lipinski definition) is 8. The maximum Gasteiger partial charge on any atom is 0.348 e. The molecule has 1 aliphatic rings. The van der Waals surface area contributed by atoms with E-state index in [0.717, 1.165) is 47.5 Å². The Morgan fingerprint density at radius 2 is 2.10 bits per heavy atom. The Bertz CT molecular complexity index is 1020. The second-order valence-corrected chi connectivity index (χ2v) is 8.32. The van der Waals surface area contributed by atoms with Crippen LogP contribution in [0.15, 0.2) is 18.7 Å². The number of carbonyl (C=O) groups excluding carboxylic acids is 1. The summed E-state index contributed by atoms with van der Waals surface area (Å²) < 4.78 is 7.05. The molecule has 4 heterocycles. The first-order valence-corrected chi connectivity index (χ1v) is 10.6. The van der Waals surface area contributed by atoms with E-state index in [1.165, 1.54) is 11.3 Å². The summed E-state index contributed by atoms with van der Waals surface area (Å²) in [6.45, 7) is 5.63. The van der Waals surface area contributed by atoms with Crippen molar-refractivity contribution in [3.63, 3.8) is 0 Å². The standard InChI is InChI=1S/C20H25N5O3S/c1-4-28-20(27)16-12(2)14-17(22-11-23-19(14)29-16)25-8-5-13(6-9-25)15(26)18-21-7-10-24(18)3/h7,10-11,13,15,26H,4-6,8-9H2,1-3H3. The number of thiophene rings is 1. The van der Waals surface area contributed by atoms with Gasteiger partial charge in [-0.3, -0.25) is 0 Å². The number of aromatic nitrogens is 4. The highest BCUT2D eigenvalue weighted by molar-refractivity contribution is 7.20. The van der Waals surface area contributed by atoms with Gasteiger partial charge in [-0.25, -0.2) is 19.7 Å². The number of esters is 1. The molecule has 3 aromatic heterocycles. The van der Waals surface area contributed by atoms with Crippen molar-refractivity contribution in [3.05, 3.63) is 35.0 Å². The summed E-state index contributed by atoms with van der Waals surface area (Å²) in [6.07, 6.45) is 6.23. The van der Waals surface area contributed by atoms with Crippen LogP contribution in [-0.2, 0) is 11.8 Å². The highest BCUT2D eigenvalue weighted by atomic mass is 32.1. The number of hydrogen-bond donors (Lipinski definition) is 1. The van der Waals surface area contributed by atoms with Crippen LogP contribution in [0.3, 0.4) is 0 Å². The third-order valence-electron chi connectivity index (χ3n) is 5.58. The molecule has 0 aromatic carbocycles. The van der Waals surface area contributed by atoms with Gasteiger partial charge in [-0.1, -0.05) is 0 Å². The number of aliphatic hydroxyl groups is 1. The summed E-state index contributed by atoms with van der Waals surface area (Å²) in [7, 11) is 1.90. The molecule has 1 saturated heterocycles. The van der Waals surface area contributed by atoms with E-state index in [0.29, 0.717) is 17.3 Å². The Hall–Kier alpha value is -2.52. The molecule has 8 nitrogen and oxygen atoms in total. The molecule has 4 rings (SSSR count). The van der Waals surface area contributed by atoms with Crippen LogP contribution in [0, 0.1) is 12.8 Å². The lowest BCUT2D eigenvalue weighted by molar-refractivity contribution is 0.0531. The van der Waals surface area contributed by atoms with Crippen molar-refractivity contribution < 1.29 is 14.6 Å². The van der Waals surface area contributed by atoms with Crippen LogP contribution in [0.4, 0.5) is 5.82 Å². The molecule has 29 heavy (non-hydrogen) atoms. The summed E-state index contributed by atoms with van der Waals surface area (Å²) in [5.41, 5.74) is 0.870. The number of aryl methyl sites for hydroxylation is 2. The first-order valence-electron chi connectivity index (χ1n) is 9.82. The number of nitrogens with zero attached hydrogens (tertiary/aromatic N) is 5. The van der Waals surface area contributed by atoms with E-state index in [4.69, 9.17) is 4.74 Å². The van der Waals surface area contributed by atoms with Crippen molar-refractivity contribution in [1.29, 1.82) is 0 Å². The lowest BCUT2D eigenvalue weighted by atomic mass is 9.90. The fraction of sp³-hybridized carbons (Fsp3) is 0.500. The first-order chi connectivity index (χ1) is 14.0. The van der Waals surface area contributed by atoms with Crippen molar-refractivity contribution >= 4 is 33.3 Å². The minimum atomic E-state index is -0.569. The summed E-state index contributed by atoms with van der Waals surface area (Å²) in [5, 5.41) is 11.6. The number of rotatable bonds is 5. The summed E-state index contributed by atoms with van der Waals surface area (Å²) in [4.78, 5) is 29.1. The van der Waals surface area contributed by atoms with Crippen molar-refractivity contribution in [2.24, 2.45) is 13.0 Å². The number of imidazole rings is 1. The number of piperidine rings is 1. The predicted molar refractivity (Wildman–Crippen MR) is 111 cm³/mol. The molecule has 3 aromatic rings. The molecule has 1 atom stereocenters. The molecule has 1 unspecified atom stereocenters. The zero-order valence-corrected chi connectivity index (χ0v) is 17.6. The van der Waals surface area contributed by atoms with Crippen LogP contribution < -0.4 is 4.90 Å². The first kappa shape index (κ1) is 19.8. The molecular weight excluding hydrogens is 390 g/mol. The van der Waals surface area contributed by atoms with Gasteiger partial charge in [0.15, 0.2) is 0 Å². The Balaban J connectivity index is 1.55. The molecule has 9 heteroatoms. The summed E-state index contributed by atoms with van der Waals surface area (Å²) in [6, 6.07) is 0. The Labute approximate surface area is 173 Å². The smallest absolute Gasteiger partial charge is 0.348 e. The Kier molecular flexibility index (Phi) is 5.51. The zero-order chi connectivity index (χ0) is 20.5. The zero-order valence-electron chi connectivity index (χ0n) is 16.8. The van der Waals surface area contributed by atoms with Gasteiger partial charge in [-0.2, -0.15) is 0 Å². The maximum atomic E-state index is 12.3. The number of ether oxygens (including phenoxy) is 1. The molecule has 0 aliphatic carbocycles. The summed E-state index contributed by atoms with van der Waals surface area (Å²) in [5.74, 6) is 1.41. The highest BCUT2D eigenvalue weighted by Gasteiger charge is 2.30. The van der Waals surface area contributed by atoms with E-state index >= 15 is 0 Å². The van der Waals surface area contributed by atoms with Crippen LogP contribution in [0.2, 0.25) is 0 Å². The molecule has 1 N–H and O–H groups in total. The Morgan fingerprint density at radius 1 is 1.34 bits per heavy atom. The van der Waals surface area contributed by atoms with E-state index in [1.807, 2.05) is 24.7 Å². The quantitative estimate of drug-likeness (QED) is 0.641. The van der Waals surface area contributed by atoms with Crippen molar-refractivity contribution in [2.75, 3.05) is 24.6 Å². The molecule has 0 spiro atoms. The second-order valence-electron chi connectivity index (χ2n) is 7.32. The maximum absolute atomic E-state index is 12.3. The fourth-order valence-electron chi connectivity index (χ4n) is 3.98. The van der Waals surface area contributed by atoms with Gasteiger partial charge in [0.1, 0.15) is 33.8 Å². The minimum absolute atomic E-state index is 0.156. The normalized spacial score (nSPS) is 16.3. The molecule has 1 aliphatic heterocycles. The topological polar surface area (TPSA) is 93.4 Å². The van der Waals surface area contributed by atoms with E-state index in [9.17, 15) is 9.90 Å². The number of anilines is 1. The Morgan fingerprint density at radius 3 is 2.76 bits per heavy atom. The van der Waals surface area contributed by atoms with Crippen molar-refractivity contribution in [2.45, 2.75) is 32.8 Å². The van der Waals surface area contributed by atoms with Gasteiger partial charge in [0, 0.05) is 32.5 Å². The van der Waals surface area contributed by atoms with E-state index in [2.05, 4.69) is 19.9 Å². The monoisotopic (exact) mass is 415 g/mol. The second kappa shape index (κ2) is 8.08. The average molecular weight is 416 g/mol. The highest BCUT2D eigenvalue weighted by Crippen LogP contribution is 2.38. The molecule has 0 amide bonds. The van der Waals surface area contributed by atoms with Gasteiger partial charge < -0.3 is 19.3 Å². The number of fused-ring (bicyclic) bond motifs is 1. The third-order valence-corrected chi connectivity index (χ3v) is 6.76. The van der Waals surface area contributed by atoms with Crippen LogP contribution in [-0.4, -0.2) is 50.3 Å². The fourth-order valence-corrected chi connectivity index (χ4v) is 5.02. The predicted octanol–water partition coefficient (Wildman–Crippen LogP) is 2.86. The van der Waals surface area contributed by atoms with Gasteiger partial charge in [0.25, 0.3) is 0 Å². The lowest BCUT2D eigenvalue weighted by Crippen LogP contribution is -2.36. The largest absolute Gasteiger partial charge is 0.462 e. The van der Waals surface area contributed by atoms with Gasteiger partial charge >= 0.3 is 5.97 Å². The van der Waals surface area contributed by atoms with Gasteiger partial charge in [-0.05, 0) is 38.2 Å². The van der Waals surface area contributed by atoms with Crippen LogP contribution in [0.25, 0.3) is 10.2 Å². The van der Waals surface area contributed by atoms with E-state index in [-0.39, 0.29) is 11.9 Å². The lowest BCUT2D eigenvalue weighted by Gasteiger charge is -2.35. The van der Waals surface area contributed by atoms with Gasteiger partial charge in [0.2, 0.25) is 0 Å². The minimum Gasteiger partial charge on any atom is -0.462 e. The van der Waals surface area contributed by atoms with Crippen LogP contribution >= 0.6 is 11.3 Å². The van der Waals surface area contributed by atoms with E-state index in [1.54, 1.807) is 19.4 Å². The molecule has 0 bridgehead atoms. The molecule has 0 radical (unpaired) electrons. The van der Waals surface area contributed by atoms with Crippen molar-refractivity contribution in [1.82, 2.24) is 19.5 Å². The third kappa shape index (κ3) is 3.60. The summed E-state index contributed by atoms with van der Waals surface area (Å²) >= 11 is 1.35. The molecule has 0 saturated carbocycles. The molecule has 1 fully saturated rings. The average Bonchev–Trinajstić information content (AvgIpc) is 3.31. The van der Waals surface area contributed by atoms with Crippen LogP contribution in [0.1, 0.15) is 46.9 Å². The number of carbonyl (C=O) groups is 1.